The van der Waals surface area contributed by atoms with E-state index in [0.717, 1.165) is 28.4 Å². The van der Waals surface area contributed by atoms with Crippen LogP contribution in [0.5, 0.6) is 0 Å². The number of nitrogens with zero attached hydrogens (tertiary/aromatic N) is 1. The van der Waals surface area contributed by atoms with Crippen molar-refractivity contribution < 1.29 is 4.79 Å². The normalized spacial score (nSPS) is 15.8. The smallest absolute Gasteiger partial charge is 0.275 e. The molecule has 1 heterocycles. The van der Waals surface area contributed by atoms with Crippen LogP contribution in [0.15, 0.2) is 100 Å². The van der Waals surface area contributed by atoms with Crippen molar-refractivity contribution >= 4 is 40.8 Å². The largest absolute Gasteiger partial charge is 0.351 e. The Morgan fingerprint density at radius 1 is 0.806 bits per heavy atom. The fourth-order valence-electron chi connectivity index (χ4n) is 3.65. The number of carbonyl (C=O) groups is 1. The minimum absolute atomic E-state index is 0.0169. The summed E-state index contributed by atoms with van der Waals surface area (Å²) in [4.78, 5) is 17.8. The van der Waals surface area contributed by atoms with E-state index in [1.165, 1.54) is 9.79 Å². The molecular weight excluding hydrogens is 420 g/mol. The fraction of sp³-hybridized carbons (Fsp3) is 0.192. The van der Waals surface area contributed by atoms with Crippen LogP contribution in [0.1, 0.15) is 25.5 Å². The summed E-state index contributed by atoms with van der Waals surface area (Å²) in [5, 5.41) is 3.35. The quantitative estimate of drug-likeness (QED) is 0.378. The predicted octanol–water partition coefficient (Wildman–Crippen LogP) is 6.99. The van der Waals surface area contributed by atoms with E-state index in [1.807, 2.05) is 65.2 Å². The third-order valence-electron chi connectivity index (χ3n) is 5.06. The standard InChI is InChI=1S/C26H26N2OS2/c1-3-30-22-14-10-20(11-15-22)27-24-18-25(19-8-6-5-7-9-19)28(26(24)29)21-12-16-23(17-13-21)31-4-2/h5-18,25,27H,3-4H2,1-2H3/t25-/m1/s1. The first-order valence-corrected chi connectivity index (χ1v) is 12.5. The molecule has 0 aromatic heterocycles. The molecule has 1 atom stereocenters. The Morgan fingerprint density at radius 3 is 1.97 bits per heavy atom. The molecule has 3 aromatic carbocycles. The molecule has 5 heteroatoms. The van der Waals surface area contributed by atoms with E-state index in [9.17, 15) is 4.79 Å². The number of nitrogens with one attached hydrogen (secondary N) is 1. The zero-order chi connectivity index (χ0) is 21.6. The highest BCUT2D eigenvalue weighted by Crippen LogP contribution is 2.37. The van der Waals surface area contributed by atoms with E-state index in [-0.39, 0.29) is 11.9 Å². The van der Waals surface area contributed by atoms with Crippen LogP contribution in [0.2, 0.25) is 0 Å². The Labute approximate surface area is 192 Å². The number of hydrogen-bond donors (Lipinski definition) is 1. The third kappa shape index (κ3) is 5.00. The van der Waals surface area contributed by atoms with Crippen molar-refractivity contribution in [2.45, 2.75) is 29.7 Å². The van der Waals surface area contributed by atoms with Gasteiger partial charge in [-0.1, -0.05) is 44.2 Å². The van der Waals surface area contributed by atoms with Gasteiger partial charge in [0, 0.05) is 21.2 Å². The van der Waals surface area contributed by atoms with Crippen LogP contribution in [0, 0.1) is 0 Å². The molecule has 0 bridgehead atoms. The van der Waals surface area contributed by atoms with Crippen molar-refractivity contribution in [3.8, 4) is 0 Å². The topological polar surface area (TPSA) is 32.3 Å². The van der Waals surface area contributed by atoms with Crippen LogP contribution < -0.4 is 10.2 Å². The van der Waals surface area contributed by atoms with Crippen LogP contribution in [0.3, 0.4) is 0 Å². The van der Waals surface area contributed by atoms with Gasteiger partial charge in [-0.2, -0.15) is 0 Å². The lowest BCUT2D eigenvalue weighted by atomic mass is 10.1. The van der Waals surface area contributed by atoms with Gasteiger partial charge in [-0.25, -0.2) is 0 Å². The number of thioether (sulfide) groups is 2. The van der Waals surface area contributed by atoms with E-state index in [0.29, 0.717) is 5.70 Å². The number of hydrogen-bond acceptors (Lipinski definition) is 4. The zero-order valence-corrected chi connectivity index (χ0v) is 19.4. The van der Waals surface area contributed by atoms with Crippen molar-refractivity contribution in [1.29, 1.82) is 0 Å². The maximum Gasteiger partial charge on any atom is 0.275 e. The predicted molar refractivity (Wildman–Crippen MR) is 134 cm³/mol. The summed E-state index contributed by atoms with van der Waals surface area (Å²) in [7, 11) is 0. The molecule has 0 spiro atoms. The molecule has 0 fully saturated rings. The average molecular weight is 447 g/mol. The van der Waals surface area contributed by atoms with Crippen LogP contribution in [0.4, 0.5) is 11.4 Å². The van der Waals surface area contributed by atoms with Gasteiger partial charge in [0.15, 0.2) is 0 Å². The summed E-state index contributed by atoms with van der Waals surface area (Å²) in [6, 6.07) is 26.5. The lowest BCUT2D eigenvalue weighted by Gasteiger charge is -2.25. The van der Waals surface area contributed by atoms with Gasteiger partial charge < -0.3 is 5.32 Å². The molecule has 0 radical (unpaired) electrons. The van der Waals surface area contributed by atoms with Crippen molar-refractivity contribution in [3.05, 3.63) is 96.2 Å². The van der Waals surface area contributed by atoms with Gasteiger partial charge in [0.2, 0.25) is 0 Å². The second-order valence-corrected chi connectivity index (χ2v) is 9.80. The van der Waals surface area contributed by atoms with Gasteiger partial charge in [-0.3, -0.25) is 9.69 Å². The lowest BCUT2D eigenvalue weighted by molar-refractivity contribution is -0.114. The summed E-state index contributed by atoms with van der Waals surface area (Å²) in [5.74, 6) is 2.05. The minimum atomic E-state index is -0.143. The first kappa shape index (κ1) is 21.6. The third-order valence-corrected chi connectivity index (χ3v) is 6.85. The molecule has 1 aliphatic heterocycles. The summed E-state index contributed by atoms with van der Waals surface area (Å²) < 4.78 is 0. The van der Waals surface area contributed by atoms with Gasteiger partial charge >= 0.3 is 0 Å². The molecule has 0 unspecified atom stereocenters. The second-order valence-electron chi connectivity index (χ2n) is 7.12. The van der Waals surface area contributed by atoms with Crippen LogP contribution in [-0.4, -0.2) is 17.4 Å². The zero-order valence-electron chi connectivity index (χ0n) is 17.7. The maximum absolute atomic E-state index is 13.5. The number of amides is 1. The number of anilines is 2. The lowest BCUT2D eigenvalue weighted by Crippen LogP contribution is -2.30. The molecule has 0 saturated carbocycles. The number of benzene rings is 3. The highest BCUT2D eigenvalue weighted by Gasteiger charge is 2.34. The average Bonchev–Trinajstić information content (AvgIpc) is 3.13. The van der Waals surface area contributed by atoms with E-state index in [1.54, 1.807) is 11.8 Å². The Hall–Kier alpha value is -2.63. The summed E-state index contributed by atoms with van der Waals surface area (Å²) >= 11 is 3.61. The fourth-order valence-corrected chi connectivity index (χ4v) is 4.98. The van der Waals surface area contributed by atoms with Gasteiger partial charge in [-0.05, 0) is 71.7 Å². The van der Waals surface area contributed by atoms with Crippen molar-refractivity contribution in [3.63, 3.8) is 0 Å². The number of carbonyl (C=O) groups excluding carboxylic acids is 1. The molecule has 0 aliphatic carbocycles. The molecule has 31 heavy (non-hydrogen) atoms. The SMILES string of the molecule is CCSc1ccc(NC2=C[C@H](c3ccccc3)N(c3ccc(SCC)cc3)C2=O)cc1. The highest BCUT2D eigenvalue weighted by atomic mass is 32.2. The van der Waals surface area contributed by atoms with Crippen molar-refractivity contribution in [2.75, 3.05) is 21.7 Å². The van der Waals surface area contributed by atoms with Gasteiger partial charge in [0.1, 0.15) is 5.70 Å². The van der Waals surface area contributed by atoms with Gasteiger partial charge in [0.25, 0.3) is 5.91 Å². The van der Waals surface area contributed by atoms with Crippen LogP contribution >= 0.6 is 23.5 Å². The molecule has 0 saturated heterocycles. The highest BCUT2D eigenvalue weighted by molar-refractivity contribution is 7.99. The second kappa shape index (κ2) is 10.1. The summed E-state index contributed by atoms with van der Waals surface area (Å²) in [5.41, 5.74) is 3.52. The molecule has 1 N–H and O–H groups in total. The van der Waals surface area contributed by atoms with Crippen molar-refractivity contribution in [1.82, 2.24) is 0 Å². The van der Waals surface area contributed by atoms with Crippen LogP contribution in [0.25, 0.3) is 0 Å². The van der Waals surface area contributed by atoms with E-state index < -0.39 is 0 Å². The molecule has 3 nitrogen and oxygen atoms in total. The molecule has 1 aliphatic rings. The van der Waals surface area contributed by atoms with Crippen molar-refractivity contribution in [2.24, 2.45) is 0 Å². The first-order chi connectivity index (χ1) is 15.2. The van der Waals surface area contributed by atoms with E-state index in [2.05, 4.69) is 55.6 Å². The molecule has 1 amide bonds. The Bertz CT molecular complexity index is 1050. The van der Waals surface area contributed by atoms with Gasteiger partial charge in [0.05, 0.1) is 6.04 Å². The molecule has 4 rings (SSSR count). The summed E-state index contributed by atoms with van der Waals surface area (Å²) in [6.45, 7) is 4.29. The van der Waals surface area contributed by atoms with Crippen LogP contribution in [-0.2, 0) is 4.79 Å². The van der Waals surface area contributed by atoms with Gasteiger partial charge in [-0.15, -0.1) is 23.5 Å². The number of rotatable bonds is 8. The molecular formula is C26H26N2OS2. The van der Waals surface area contributed by atoms with E-state index >= 15 is 0 Å². The monoisotopic (exact) mass is 446 g/mol. The Morgan fingerprint density at radius 2 is 1.39 bits per heavy atom. The molecule has 158 valence electrons. The minimum Gasteiger partial charge on any atom is -0.351 e. The Balaban J connectivity index is 1.63. The van der Waals surface area contributed by atoms with E-state index in [4.69, 9.17) is 0 Å². The first-order valence-electron chi connectivity index (χ1n) is 10.5. The summed E-state index contributed by atoms with van der Waals surface area (Å²) in [6.07, 6.45) is 2.03. The molecule has 3 aromatic rings. The maximum atomic E-state index is 13.5. The Kier molecular flexibility index (Phi) is 7.05.